The van der Waals surface area contributed by atoms with Crippen LogP contribution in [0.2, 0.25) is 0 Å². The first-order valence-corrected chi connectivity index (χ1v) is 8.70. The van der Waals surface area contributed by atoms with Crippen LogP contribution in [0, 0.1) is 5.92 Å². The lowest BCUT2D eigenvalue weighted by molar-refractivity contribution is 0.0838. The van der Waals surface area contributed by atoms with Gasteiger partial charge in [-0.3, -0.25) is 4.68 Å². The molecule has 3 aromatic rings. The molecule has 0 bridgehead atoms. The second kappa shape index (κ2) is 7.21. The van der Waals surface area contributed by atoms with Gasteiger partial charge in [0.1, 0.15) is 6.10 Å². The highest BCUT2D eigenvalue weighted by molar-refractivity contribution is 5.30. The zero-order chi connectivity index (χ0) is 17.1. The van der Waals surface area contributed by atoms with Gasteiger partial charge in [0, 0.05) is 50.6 Å². The van der Waals surface area contributed by atoms with Crippen molar-refractivity contribution in [2.45, 2.75) is 19.1 Å². The van der Waals surface area contributed by atoms with E-state index in [1.54, 1.807) is 0 Å². The van der Waals surface area contributed by atoms with Gasteiger partial charge in [-0.15, -0.1) is 0 Å². The molecule has 0 unspecified atom stereocenters. The van der Waals surface area contributed by atoms with E-state index in [2.05, 4.69) is 33.8 Å². The molecule has 2 aromatic heterocycles. The molecular weight excluding hydrogens is 314 g/mol. The van der Waals surface area contributed by atoms with Crippen LogP contribution < -0.4 is 5.32 Å². The molecule has 3 heterocycles. The molecule has 130 valence electrons. The second-order valence-corrected chi connectivity index (χ2v) is 6.48. The topological polar surface area (TPSA) is 56.9 Å². The number of aromatic nitrogens is 4. The van der Waals surface area contributed by atoms with Gasteiger partial charge in [0.15, 0.2) is 0 Å². The van der Waals surface area contributed by atoms with Crippen molar-refractivity contribution in [2.24, 2.45) is 13.0 Å². The average molecular weight is 337 g/mol. The SMILES string of the molecule is Cn1nccc1[C@@H]1OCC[C@H]1CNCc1cnn(-c2ccccc2)c1. The normalized spacial score (nSPS) is 20.2. The molecular formula is C19H23N5O. The fourth-order valence-electron chi connectivity index (χ4n) is 3.41. The second-order valence-electron chi connectivity index (χ2n) is 6.48. The summed E-state index contributed by atoms with van der Waals surface area (Å²) in [5, 5.41) is 12.3. The van der Waals surface area contributed by atoms with Gasteiger partial charge in [-0.1, -0.05) is 18.2 Å². The van der Waals surface area contributed by atoms with E-state index >= 15 is 0 Å². The Kier molecular flexibility index (Phi) is 4.63. The van der Waals surface area contributed by atoms with Gasteiger partial charge in [-0.05, 0) is 24.6 Å². The summed E-state index contributed by atoms with van der Waals surface area (Å²) < 4.78 is 9.76. The molecule has 1 N–H and O–H groups in total. The van der Waals surface area contributed by atoms with Crippen molar-refractivity contribution in [3.05, 3.63) is 66.2 Å². The molecule has 6 nitrogen and oxygen atoms in total. The molecule has 2 atom stereocenters. The van der Waals surface area contributed by atoms with E-state index < -0.39 is 0 Å². The predicted molar refractivity (Wildman–Crippen MR) is 95.3 cm³/mol. The minimum absolute atomic E-state index is 0.132. The molecule has 1 aromatic carbocycles. The molecule has 0 amide bonds. The van der Waals surface area contributed by atoms with Crippen LogP contribution in [0.15, 0.2) is 55.0 Å². The first-order valence-electron chi connectivity index (χ1n) is 8.70. The molecule has 0 spiro atoms. The monoisotopic (exact) mass is 337 g/mol. The number of rotatable bonds is 6. The highest BCUT2D eigenvalue weighted by Gasteiger charge is 2.31. The predicted octanol–water partition coefficient (Wildman–Crippen LogP) is 2.47. The minimum Gasteiger partial charge on any atom is -0.372 e. The third-order valence-electron chi connectivity index (χ3n) is 4.76. The van der Waals surface area contributed by atoms with Gasteiger partial charge >= 0.3 is 0 Å². The largest absolute Gasteiger partial charge is 0.372 e. The van der Waals surface area contributed by atoms with Crippen LogP contribution in [0.4, 0.5) is 0 Å². The van der Waals surface area contributed by atoms with Crippen LogP contribution >= 0.6 is 0 Å². The Balaban J connectivity index is 1.33. The number of benzene rings is 1. The van der Waals surface area contributed by atoms with Crippen molar-refractivity contribution in [2.75, 3.05) is 13.2 Å². The van der Waals surface area contributed by atoms with Crippen LogP contribution in [0.1, 0.15) is 23.8 Å². The fraction of sp³-hybridized carbons (Fsp3) is 0.368. The van der Waals surface area contributed by atoms with Gasteiger partial charge < -0.3 is 10.1 Å². The zero-order valence-electron chi connectivity index (χ0n) is 14.4. The summed E-state index contributed by atoms with van der Waals surface area (Å²) in [6, 6.07) is 12.2. The molecule has 0 saturated carbocycles. The van der Waals surface area contributed by atoms with Crippen molar-refractivity contribution in [1.82, 2.24) is 24.9 Å². The third kappa shape index (κ3) is 3.50. The minimum atomic E-state index is 0.132. The number of ether oxygens (including phenoxy) is 1. The van der Waals surface area contributed by atoms with E-state index in [9.17, 15) is 0 Å². The standard InChI is InChI=1S/C19H23N5O/c1-23-18(7-9-21-23)19-16(8-10-25-19)13-20-11-15-12-22-24(14-15)17-5-3-2-4-6-17/h2-7,9,12,14,16,19-20H,8,10-11,13H2,1H3/t16-,19+/m0/s1. The average Bonchev–Trinajstić information content (AvgIpc) is 3.37. The van der Waals surface area contributed by atoms with Crippen molar-refractivity contribution in [3.8, 4) is 5.69 Å². The Morgan fingerprint density at radius 2 is 2.08 bits per heavy atom. The number of aryl methyl sites for hydroxylation is 1. The maximum Gasteiger partial charge on any atom is 0.103 e. The third-order valence-corrected chi connectivity index (χ3v) is 4.76. The Labute approximate surface area is 147 Å². The van der Waals surface area contributed by atoms with Gasteiger partial charge in [-0.25, -0.2) is 4.68 Å². The highest BCUT2D eigenvalue weighted by atomic mass is 16.5. The van der Waals surface area contributed by atoms with E-state index in [0.29, 0.717) is 5.92 Å². The number of hydrogen-bond donors (Lipinski definition) is 1. The first kappa shape index (κ1) is 16.1. The number of nitrogens with zero attached hydrogens (tertiary/aromatic N) is 4. The van der Waals surface area contributed by atoms with Crippen LogP contribution in [0.25, 0.3) is 5.69 Å². The van der Waals surface area contributed by atoms with Crippen LogP contribution in [-0.2, 0) is 18.3 Å². The summed E-state index contributed by atoms with van der Waals surface area (Å²) in [5.74, 6) is 0.472. The van der Waals surface area contributed by atoms with E-state index in [1.807, 2.05) is 53.1 Å². The van der Waals surface area contributed by atoms with E-state index in [-0.39, 0.29) is 6.10 Å². The molecule has 1 saturated heterocycles. The molecule has 1 fully saturated rings. The van der Waals surface area contributed by atoms with Crippen molar-refractivity contribution < 1.29 is 4.74 Å². The van der Waals surface area contributed by atoms with Crippen LogP contribution in [-0.4, -0.2) is 32.7 Å². The van der Waals surface area contributed by atoms with E-state index in [1.165, 1.54) is 5.56 Å². The zero-order valence-corrected chi connectivity index (χ0v) is 14.4. The Morgan fingerprint density at radius 1 is 1.20 bits per heavy atom. The van der Waals surface area contributed by atoms with Gasteiger partial charge in [0.05, 0.1) is 17.6 Å². The quantitative estimate of drug-likeness (QED) is 0.751. The number of nitrogens with one attached hydrogen (secondary N) is 1. The molecule has 25 heavy (non-hydrogen) atoms. The summed E-state index contributed by atoms with van der Waals surface area (Å²) in [7, 11) is 1.97. The Hall–Kier alpha value is -2.44. The summed E-state index contributed by atoms with van der Waals surface area (Å²) in [4.78, 5) is 0. The summed E-state index contributed by atoms with van der Waals surface area (Å²) in [6.45, 7) is 2.54. The molecule has 4 rings (SSSR count). The summed E-state index contributed by atoms with van der Waals surface area (Å²) in [5.41, 5.74) is 3.41. The van der Waals surface area contributed by atoms with E-state index in [0.717, 1.165) is 37.5 Å². The molecule has 6 heteroatoms. The maximum atomic E-state index is 5.94. The highest BCUT2D eigenvalue weighted by Crippen LogP contribution is 2.33. The lowest BCUT2D eigenvalue weighted by Gasteiger charge is -2.19. The van der Waals surface area contributed by atoms with Crippen LogP contribution in [0.5, 0.6) is 0 Å². The smallest absolute Gasteiger partial charge is 0.103 e. The lowest BCUT2D eigenvalue weighted by atomic mass is 9.99. The van der Waals surface area contributed by atoms with Gasteiger partial charge in [0.25, 0.3) is 0 Å². The first-order chi connectivity index (χ1) is 12.3. The summed E-state index contributed by atoms with van der Waals surface area (Å²) in [6.07, 6.45) is 7.04. The van der Waals surface area contributed by atoms with Crippen molar-refractivity contribution in [3.63, 3.8) is 0 Å². The molecule has 1 aliphatic rings. The van der Waals surface area contributed by atoms with Gasteiger partial charge in [-0.2, -0.15) is 10.2 Å². The van der Waals surface area contributed by atoms with E-state index in [4.69, 9.17) is 4.74 Å². The molecule has 0 aliphatic carbocycles. The molecule has 0 radical (unpaired) electrons. The lowest BCUT2D eigenvalue weighted by Crippen LogP contribution is -2.25. The Bertz CT molecular complexity index is 810. The van der Waals surface area contributed by atoms with Gasteiger partial charge in [0.2, 0.25) is 0 Å². The van der Waals surface area contributed by atoms with Crippen LogP contribution in [0.3, 0.4) is 0 Å². The Morgan fingerprint density at radius 3 is 2.88 bits per heavy atom. The maximum absolute atomic E-state index is 5.94. The number of hydrogen-bond acceptors (Lipinski definition) is 4. The van der Waals surface area contributed by atoms with Crippen molar-refractivity contribution in [1.29, 1.82) is 0 Å². The van der Waals surface area contributed by atoms with Crippen molar-refractivity contribution >= 4 is 0 Å². The fourth-order valence-corrected chi connectivity index (χ4v) is 3.41. The molecule has 1 aliphatic heterocycles. The number of para-hydroxylation sites is 1. The summed E-state index contributed by atoms with van der Waals surface area (Å²) >= 11 is 0.